The van der Waals surface area contributed by atoms with Gasteiger partial charge in [-0.15, -0.1) is 0 Å². The van der Waals surface area contributed by atoms with Crippen molar-refractivity contribution < 1.29 is 20.9 Å². The number of aromatic nitrogens is 2. The highest BCUT2D eigenvalue weighted by Gasteiger charge is 2.08. The van der Waals surface area contributed by atoms with Crippen molar-refractivity contribution in [1.29, 1.82) is 0 Å². The minimum Gasteiger partial charge on any atom is -0.497 e. The molecule has 0 saturated heterocycles. The zero-order valence-electron chi connectivity index (χ0n) is 15.1. The minimum atomic E-state index is -1.11. The summed E-state index contributed by atoms with van der Waals surface area (Å²) < 4.78 is 6.08. The lowest BCUT2D eigenvalue weighted by Crippen LogP contribution is -2.13. The van der Waals surface area contributed by atoms with Crippen LogP contribution in [0.15, 0.2) is 78.5 Å². The highest BCUT2D eigenvalue weighted by atomic mass is 16.5. The third kappa shape index (κ3) is 6.00. The van der Waals surface area contributed by atoms with Gasteiger partial charge in [-0.05, 0) is 43.2 Å². The fourth-order valence-electron chi connectivity index (χ4n) is 2.22. The monoisotopic (exact) mass is 369 g/mol. The summed E-state index contributed by atoms with van der Waals surface area (Å²) in [5.74, 6) is 0.586. The van der Waals surface area contributed by atoms with E-state index >= 15 is 0 Å². The normalized spacial score (nSPS) is 12.7. The molecule has 0 saturated carbocycles. The van der Waals surface area contributed by atoms with Gasteiger partial charge < -0.3 is 15.2 Å². The molecule has 1 amide bonds. The summed E-state index contributed by atoms with van der Waals surface area (Å²) in [7, 11) is 1.70. The smallest absolute Gasteiger partial charge is 0.415 e. The molecule has 0 radical (unpaired) electrons. The van der Waals surface area contributed by atoms with Crippen molar-refractivity contribution in [2.75, 3.05) is 12.4 Å². The molecule has 0 unspecified atom stereocenters. The van der Waals surface area contributed by atoms with Crippen molar-refractivity contribution in [2.24, 2.45) is 0 Å². The van der Waals surface area contributed by atoms with Crippen LogP contribution >= 0.6 is 0 Å². The van der Waals surface area contributed by atoms with Crippen molar-refractivity contribution in [1.82, 2.24) is 9.55 Å². The molecule has 2 aromatic heterocycles. The van der Waals surface area contributed by atoms with Gasteiger partial charge in [-0.3, -0.25) is 14.3 Å². The van der Waals surface area contributed by atoms with E-state index in [9.17, 15) is 9.59 Å². The maximum atomic E-state index is 11.7. The van der Waals surface area contributed by atoms with Crippen LogP contribution in [0.25, 0.3) is 0 Å². The zero-order chi connectivity index (χ0) is 19.6. The number of rotatable bonds is 3. The Kier molecular flexibility index (Phi) is 7.13. The number of allylic oxidation sites excluding steroid dienone is 5. The largest absolute Gasteiger partial charge is 0.497 e. The standard InChI is InChI=1S/C11H9N3O3.C9H12O.H2/c15-10(9-3-1-2-5-12-9)13-8-4-6-14(7-8)11(16)17;1-8-6-4-3-5-7-9(8)10-2;/h1-7H,(H,13,15)(H,16,17);3,5-7H,4H2,1-2H3;1H. The van der Waals surface area contributed by atoms with Gasteiger partial charge in [0.2, 0.25) is 0 Å². The molecule has 3 rings (SSSR count). The second kappa shape index (κ2) is 9.76. The molecule has 0 aliphatic heterocycles. The Labute approximate surface area is 158 Å². The lowest BCUT2D eigenvalue weighted by Gasteiger charge is -2.02. The van der Waals surface area contributed by atoms with E-state index in [4.69, 9.17) is 9.84 Å². The van der Waals surface area contributed by atoms with Crippen molar-refractivity contribution in [3.8, 4) is 0 Å². The molecule has 142 valence electrons. The minimum absolute atomic E-state index is 0. The first-order valence-electron chi connectivity index (χ1n) is 8.23. The number of ether oxygens (including phenoxy) is 1. The first-order chi connectivity index (χ1) is 13.0. The molecule has 0 fully saturated rings. The molecule has 7 heteroatoms. The van der Waals surface area contributed by atoms with E-state index in [-0.39, 0.29) is 13.0 Å². The number of methoxy groups -OCH3 is 1. The molecule has 0 spiro atoms. The van der Waals surface area contributed by atoms with E-state index in [1.165, 1.54) is 30.2 Å². The van der Waals surface area contributed by atoms with Gasteiger partial charge in [0.05, 0.1) is 12.8 Å². The van der Waals surface area contributed by atoms with E-state index in [1.807, 2.05) is 12.2 Å². The number of amides is 1. The van der Waals surface area contributed by atoms with E-state index in [0.29, 0.717) is 5.69 Å². The number of carboxylic acid groups (broad SMARTS) is 1. The summed E-state index contributed by atoms with van der Waals surface area (Å²) in [6.07, 6.45) is 12.3. The highest BCUT2D eigenvalue weighted by Crippen LogP contribution is 2.13. The summed E-state index contributed by atoms with van der Waals surface area (Å²) in [6.45, 7) is 2.06. The van der Waals surface area contributed by atoms with Gasteiger partial charge in [-0.25, -0.2) is 4.79 Å². The molecule has 2 aromatic rings. The van der Waals surface area contributed by atoms with Crippen LogP contribution in [0, 0.1) is 0 Å². The second-order valence-electron chi connectivity index (χ2n) is 5.55. The van der Waals surface area contributed by atoms with Gasteiger partial charge in [0.1, 0.15) is 11.5 Å². The van der Waals surface area contributed by atoms with E-state index in [0.717, 1.165) is 16.7 Å². The summed E-state index contributed by atoms with van der Waals surface area (Å²) in [5, 5.41) is 11.2. The van der Waals surface area contributed by atoms with E-state index < -0.39 is 6.09 Å². The van der Waals surface area contributed by atoms with Crippen LogP contribution in [0.4, 0.5) is 10.5 Å². The third-order valence-electron chi connectivity index (χ3n) is 3.62. The molecule has 0 aromatic carbocycles. The molecule has 27 heavy (non-hydrogen) atoms. The summed E-state index contributed by atoms with van der Waals surface area (Å²) in [5.41, 5.74) is 1.89. The number of nitrogens with zero attached hydrogens (tertiary/aromatic N) is 2. The van der Waals surface area contributed by atoms with Crippen molar-refractivity contribution in [3.05, 3.63) is 84.2 Å². The van der Waals surface area contributed by atoms with Crippen LogP contribution in [-0.2, 0) is 4.74 Å². The molecule has 1 aliphatic carbocycles. The van der Waals surface area contributed by atoms with Crippen LogP contribution in [0.3, 0.4) is 0 Å². The number of anilines is 1. The van der Waals surface area contributed by atoms with Crippen LogP contribution in [-0.4, -0.2) is 33.8 Å². The quantitative estimate of drug-likeness (QED) is 0.840. The van der Waals surface area contributed by atoms with Crippen molar-refractivity contribution in [3.63, 3.8) is 0 Å². The predicted molar refractivity (Wildman–Crippen MR) is 105 cm³/mol. The van der Waals surface area contributed by atoms with Gasteiger partial charge in [-0.1, -0.05) is 24.3 Å². The highest BCUT2D eigenvalue weighted by molar-refractivity contribution is 6.02. The van der Waals surface area contributed by atoms with Gasteiger partial charge in [0.15, 0.2) is 0 Å². The number of carbonyl (C=O) groups excluding carboxylic acids is 1. The van der Waals surface area contributed by atoms with Gasteiger partial charge in [0.25, 0.3) is 5.91 Å². The number of hydrogen-bond donors (Lipinski definition) is 2. The predicted octanol–water partition coefficient (Wildman–Crippen LogP) is 4.33. The van der Waals surface area contributed by atoms with Crippen LogP contribution < -0.4 is 5.32 Å². The van der Waals surface area contributed by atoms with Crippen LogP contribution in [0.1, 0.15) is 25.3 Å². The van der Waals surface area contributed by atoms with Gasteiger partial charge in [0, 0.05) is 20.0 Å². The first-order valence-corrected chi connectivity index (χ1v) is 8.23. The Hall–Kier alpha value is -3.61. The van der Waals surface area contributed by atoms with Crippen molar-refractivity contribution in [2.45, 2.75) is 13.3 Å². The number of nitrogens with one attached hydrogen (secondary N) is 1. The van der Waals surface area contributed by atoms with Crippen LogP contribution in [0.5, 0.6) is 0 Å². The van der Waals surface area contributed by atoms with E-state index in [1.54, 1.807) is 25.3 Å². The Balaban J connectivity index is 0.000000307. The number of carbonyl (C=O) groups is 2. The molecule has 7 nitrogen and oxygen atoms in total. The SMILES string of the molecule is COC1=CC=CCC=C1C.O=C(Nc1ccn(C(=O)O)c1)c1ccccn1.[HH]. The molecule has 0 bridgehead atoms. The second-order valence-corrected chi connectivity index (χ2v) is 5.55. The Morgan fingerprint density at radius 1 is 1.33 bits per heavy atom. The maximum Gasteiger partial charge on any atom is 0.415 e. The first kappa shape index (κ1) is 19.7. The number of pyridine rings is 1. The summed E-state index contributed by atoms with van der Waals surface area (Å²) in [6, 6.07) is 6.47. The topological polar surface area (TPSA) is 93.5 Å². The molecule has 1 aliphatic rings. The molecule has 0 atom stereocenters. The molecular weight excluding hydrogens is 346 g/mol. The fourth-order valence-corrected chi connectivity index (χ4v) is 2.22. The van der Waals surface area contributed by atoms with E-state index in [2.05, 4.69) is 29.4 Å². The Morgan fingerprint density at radius 3 is 2.78 bits per heavy atom. The van der Waals surface area contributed by atoms with Crippen molar-refractivity contribution >= 4 is 17.7 Å². The summed E-state index contributed by atoms with van der Waals surface area (Å²) >= 11 is 0. The summed E-state index contributed by atoms with van der Waals surface area (Å²) in [4.78, 5) is 26.2. The molecule has 2 N–H and O–H groups in total. The maximum absolute atomic E-state index is 11.7. The number of hydrogen-bond acceptors (Lipinski definition) is 4. The molecular formula is C20H23N3O4. The van der Waals surface area contributed by atoms with Gasteiger partial charge >= 0.3 is 6.09 Å². The zero-order valence-corrected chi connectivity index (χ0v) is 15.1. The average molecular weight is 369 g/mol. The third-order valence-corrected chi connectivity index (χ3v) is 3.62. The average Bonchev–Trinajstić information content (AvgIpc) is 3.04. The molecule has 2 heterocycles. The lowest BCUT2D eigenvalue weighted by molar-refractivity contribution is 0.102. The van der Waals surface area contributed by atoms with Gasteiger partial charge in [-0.2, -0.15) is 0 Å². The van der Waals surface area contributed by atoms with Crippen LogP contribution in [0.2, 0.25) is 0 Å². The Bertz CT molecular complexity index is 886. The fraction of sp³-hybridized carbons (Fsp3) is 0.150. The lowest BCUT2D eigenvalue weighted by atomic mass is 10.2. The Morgan fingerprint density at radius 2 is 2.15 bits per heavy atom.